The number of anilines is 1. The Morgan fingerprint density at radius 1 is 1.07 bits per heavy atom. The van der Waals surface area contributed by atoms with Crippen LogP contribution in [0.4, 0.5) is 23.7 Å². The van der Waals surface area contributed by atoms with Gasteiger partial charge in [0.2, 0.25) is 0 Å². The van der Waals surface area contributed by atoms with Gasteiger partial charge in [0.05, 0.1) is 22.3 Å². The minimum atomic E-state index is -4.42. The summed E-state index contributed by atoms with van der Waals surface area (Å²) in [6.45, 7) is 1.63. The van der Waals surface area contributed by atoms with Crippen LogP contribution in [-0.4, -0.2) is 19.0 Å². The molecule has 27 heavy (non-hydrogen) atoms. The van der Waals surface area contributed by atoms with Crippen LogP contribution in [0.25, 0.3) is 0 Å². The first-order valence-corrected chi connectivity index (χ1v) is 8.26. The topological polar surface area (TPSA) is 70.2 Å². The largest absolute Gasteiger partial charge is 0.416 e. The van der Waals surface area contributed by atoms with Gasteiger partial charge in [-0.2, -0.15) is 13.2 Å². The van der Waals surface area contributed by atoms with Crippen LogP contribution in [0, 0.1) is 0 Å². The van der Waals surface area contributed by atoms with E-state index in [2.05, 4.69) is 16.0 Å². The predicted molar refractivity (Wildman–Crippen MR) is 96.9 cm³/mol. The van der Waals surface area contributed by atoms with Gasteiger partial charge in [0.25, 0.3) is 5.91 Å². The maximum Gasteiger partial charge on any atom is 0.416 e. The van der Waals surface area contributed by atoms with E-state index in [4.69, 9.17) is 11.6 Å². The molecular weight excluding hydrogens is 383 g/mol. The molecule has 0 heterocycles. The quantitative estimate of drug-likeness (QED) is 0.703. The molecule has 1 atom stereocenters. The van der Waals surface area contributed by atoms with Crippen LogP contribution < -0.4 is 16.0 Å². The van der Waals surface area contributed by atoms with Gasteiger partial charge in [0, 0.05) is 12.6 Å². The first-order valence-electron chi connectivity index (χ1n) is 7.88. The van der Waals surface area contributed by atoms with Crippen LogP contribution >= 0.6 is 11.6 Å². The lowest BCUT2D eigenvalue weighted by Crippen LogP contribution is -2.31. The Bertz CT molecular complexity index is 839. The van der Waals surface area contributed by atoms with E-state index in [0.29, 0.717) is 11.1 Å². The number of alkyl halides is 3. The molecule has 0 radical (unpaired) electrons. The van der Waals surface area contributed by atoms with Crippen molar-refractivity contribution in [1.29, 1.82) is 0 Å². The average molecular weight is 400 g/mol. The number of amides is 3. The molecule has 2 aromatic rings. The zero-order valence-corrected chi connectivity index (χ0v) is 15.2. The minimum Gasteiger partial charge on any atom is -0.355 e. The maximum atomic E-state index is 12.6. The molecule has 2 rings (SSSR count). The molecule has 0 aliphatic rings. The van der Waals surface area contributed by atoms with Crippen LogP contribution in [0.3, 0.4) is 0 Å². The van der Waals surface area contributed by atoms with E-state index >= 15 is 0 Å². The van der Waals surface area contributed by atoms with E-state index in [1.807, 2.05) is 0 Å². The third-order valence-corrected chi connectivity index (χ3v) is 4.12. The Kier molecular flexibility index (Phi) is 6.32. The van der Waals surface area contributed by atoms with Crippen molar-refractivity contribution in [3.8, 4) is 0 Å². The Balaban J connectivity index is 2.06. The van der Waals surface area contributed by atoms with Crippen LogP contribution in [0.2, 0.25) is 5.02 Å². The molecule has 0 aliphatic heterocycles. The third-order valence-electron chi connectivity index (χ3n) is 3.79. The zero-order valence-electron chi connectivity index (χ0n) is 14.4. The molecule has 3 amide bonds. The smallest absolute Gasteiger partial charge is 0.355 e. The first kappa shape index (κ1) is 20.6. The average Bonchev–Trinajstić information content (AvgIpc) is 2.62. The zero-order chi connectivity index (χ0) is 20.2. The predicted octanol–water partition coefficient (Wildman–Crippen LogP) is 4.60. The van der Waals surface area contributed by atoms with Crippen molar-refractivity contribution in [3.05, 3.63) is 64.2 Å². The summed E-state index contributed by atoms with van der Waals surface area (Å²) in [7, 11) is 1.47. The standard InChI is InChI=1S/C18H17ClF3N3O2/c1-10(11-3-6-13(7-4-11)18(20,21)22)24-17(27)25-15-9-12(16(26)23-2)5-8-14(15)19/h3-10H,1-2H3,(H,23,26)(H2,24,25,27)/t10-/m1/s1. The number of halogens is 4. The number of hydrogen-bond donors (Lipinski definition) is 3. The molecule has 0 saturated carbocycles. The third kappa shape index (κ3) is 5.37. The Morgan fingerprint density at radius 3 is 2.26 bits per heavy atom. The molecule has 9 heteroatoms. The van der Waals surface area contributed by atoms with Crippen molar-refractivity contribution in [3.63, 3.8) is 0 Å². The van der Waals surface area contributed by atoms with E-state index in [-0.39, 0.29) is 16.6 Å². The lowest BCUT2D eigenvalue weighted by Gasteiger charge is -2.17. The summed E-state index contributed by atoms with van der Waals surface area (Å²) in [6, 6.07) is 7.75. The fourth-order valence-electron chi connectivity index (χ4n) is 2.31. The number of carbonyl (C=O) groups is 2. The summed E-state index contributed by atoms with van der Waals surface area (Å²) in [4.78, 5) is 23.8. The molecule has 0 unspecified atom stereocenters. The van der Waals surface area contributed by atoms with Gasteiger partial charge in [0.15, 0.2) is 0 Å². The van der Waals surface area contributed by atoms with Gasteiger partial charge in [-0.25, -0.2) is 4.79 Å². The number of benzene rings is 2. The molecule has 0 saturated heterocycles. The van der Waals surface area contributed by atoms with Gasteiger partial charge in [0.1, 0.15) is 0 Å². The summed E-state index contributed by atoms with van der Waals surface area (Å²) in [5.74, 6) is -0.340. The van der Waals surface area contributed by atoms with E-state index in [1.54, 1.807) is 6.92 Å². The molecule has 3 N–H and O–H groups in total. The lowest BCUT2D eigenvalue weighted by atomic mass is 10.1. The second kappa shape index (κ2) is 8.30. The highest BCUT2D eigenvalue weighted by Gasteiger charge is 2.30. The second-order valence-electron chi connectivity index (χ2n) is 5.71. The summed E-state index contributed by atoms with van der Waals surface area (Å²) in [6.07, 6.45) is -4.42. The second-order valence-corrected chi connectivity index (χ2v) is 6.12. The Labute approximate surface area is 158 Å². The van der Waals surface area contributed by atoms with Crippen molar-refractivity contribution in [1.82, 2.24) is 10.6 Å². The summed E-state index contributed by atoms with van der Waals surface area (Å²) >= 11 is 6.02. The van der Waals surface area contributed by atoms with Crippen LogP contribution in [0.5, 0.6) is 0 Å². The highest BCUT2D eigenvalue weighted by Crippen LogP contribution is 2.30. The number of nitrogens with one attached hydrogen (secondary N) is 3. The number of hydrogen-bond acceptors (Lipinski definition) is 2. The van der Waals surface area contributed by atoms with E-state index in [0.717, 1.165) is 12.1 Å². The number of urea groups is 1. The minimum absolute atomic E-state index is 0.231. The van der Waals surface area contributed by atoms with E-state index in [1.165, 1.54) is 37.4 Å². The van der Waals surface area contributed by atoms with Crippen LogP contribution in [0.1, 0.15) is 34.5 Å². The monoisotopic (exact) mass is 399 g/mol. The molecule has 0 fully saturated rings. The first-order chi connectivity index (χ1) is 12.6. The molecule has 0 aromatic heterocycles. The van der Waals surface area contributed by atoms with Crippen LogP contribution in [0.15, 0.2) is 42.5 Å². The molecule has 5 nitrogen and oxygen atoms in total. The van der Waals surface area contributed by atoms with E-state index < -0.39 is 23.8 Å². The highest BCUT2D eigenvalue weighted by molar-refractivity contribution is 6.33. The van der Waals surface area contributed by atoms with Gasteiger partial charge in [-0.1, -0.05) is 23.7 Å². The van der Waals surface area contributed by atoms with Crippen molar-refractivity contribution in [2.24, 2.45) is 0 Å². The molecule has 0 bridgehead atoms. The van der Waals surface area contributed by atoms with Crippen molar-refractivity contribution in [2.75, 3.05) is 12.4 Å². The van der Waals surface area contributed by atoms with Crippen molar-refractivity contribution in [2.45, 2.75) is 19.1 Å². The molecular formula is C18H17ClF3N3O2. The van der Waals surface area contributed by atoms with Gasteiger partial charge in [-0.15, -0.1) is 0 Å². The van der Waals surface area contributed by atoms with Gasteiger partial charge in [-0.05, 0) is 42.8 Å². The van der Waals surface area contributed by atoms with E-state index in [9.17, 15) is 22.8 Å². The molecule has 144 valence electrons. The normalized spacial score (nSPS) is 12.2. The van der Waals surface area contributed by atoms with Gasteiger partial charge < -0.3 is 16.0 Å². The maximum absolute atomic E-state index is 12.6. The summed E-state index contributed by atoms with van der Waals surface area (Å²) in [5, 5.41) is 7.82. The highest BCUT2D eigenvalue weighted by atomic mass is 35.5. The van der Waals surface area contributed by atoms with Crippen molar-refractivity contribution < 1.29 is 22.8 Å². The fourth-order valence-corrected chi connectivity index (χ4v) is 2.47. The Morgan fingerprint density at radius 2 is 1.70 bits per heavy atom. The summed E-state index contributed by atoms with van der Waals surface area (Å²) in [5.41, 5.74) is 0.284. The molecule has 2 aromatic carbocycles. The number of carbonyl (C=O) groups excluding carboxylic acids is 2. The molecule has 0 aliphatic carbocycles. The Hall–Kier alpha value is -2.74. The number of rotatable bonds is 4. The fraction of sp³-hybridized carbons (Fsp3) is 0.222. The summed E-state index contributed by atoms with van der Waals surface area (Å²) < 4.78 is 37.8. The van der Waals surface area contributed by atoms with Gasteiger partial charge >= 0.3 is 12.2 Å². The lowest BCUT2D eigenvalue weighted by molar-refractivity contribution is -0.137. The van der Waals surface area contributed by atoms with Crippen molar-refractivity contribution >= 4 is 29.2 Å². The molecule has 0 spiro atoms. The van der Waals surface area contributed by atoms with Crippen LogP contribution in [-0.2, 0) is 6.18 Å². The van der Waals surface area contributed by atoms with Gasteiger partial charge in [-0.3, -0.25) is 4.79 Å². The SMILES string of the molecule is CNC(=O)c1ccc(Cl)c(NC(=O)N[C@H](C)c2ccc(C(F)(F)F)cc2)c1.